The number of fused-ring (bicyclic) bond motifs is 2. The van der Waals surface area contributed by atoms with E-state index in [4.69, 9.17) is 4.74 Å². The van der Waals surface area contributed by atoms with E-state index in [2.05, 4.69) is 37.9 Å². The number of ether oxygens (including phenoxy) is 1. The number of piperidine rings is 1. The molecule has 0 bridgehead atoms. The molecule has 6 nitrogen and oxygen atoms in total. The SMILES string of the molecule is CC(C)(C)OC(=O)N1C[C@@H]2C(C(=O)NC(C)(C)c3cc4ccc(Br)cn4c3)[C@@H]2C1. The molecule has 2 aromatic heterocycles. The van der Waals surface area contributed by atoms with Gasteiger partial charge in [0.1, 0.15) is 5.60 Å². The Labute approximate surface area is 179 Å². The second kappa shape index (κ2) is 6.76. The molecule has 1 saturated heterocycles. The van der Waals surface area contributed by atoms with Crippen molar-refractivity contribution in [2.24, 2.45) is 17.8 Å². The zero-order valence-corrected chi connectivity index (χ0v) is 19.1. The lowest BCUT2D eigenvalue weighted by Gasteiger charge is -2.28. The summed E-state index contributed by atoms with van der Waals surface area (Å²) in [5.74, 6) is 0.536. The van der Waals surface area contributed by atoms with Crippen molar-refractivity contribution in [3.63, 3.8) is 0 Å². The Morgan fingerprint density at radius 3 is 2.38 bits per heavy atom. The first-order valence-electron chi connectivity index (χ1n) is 10.0. The van der Waals surface area contributed by atoms with Crippen molar-refractivity contribution < 1.29 is 14.3 Å². The van der Waals surface area contributed by atoms with Crippen molar-refractivity contribution in [2.45, 2.75) is 45.8 Å². The number of rotatable bonds is 3. The van der Waals surface area contributed by atoms with E-state index >= 15 is 0 Å². The number of likely N-dealkylation sites (tertiary alicyclic amines) is 1. The van der Waals surface area contributed by atoms with Crippen molar-refractivity contribution in [1.29, 1.82) is 0 Å². The van der Waals surface area contributed by atoms with Crippen molar-refractivity contribution in [2.75, 3.05) is 13.1 Å². The molecule has 0 spiro atoms. The van der Waals surface area contributed by atoms with Crippen LogP contribution < -0.4 is 5.32 Å². The highest BCUT2D eigenvalue weighted by molar-refractivity contribution is 9.10. The van der Waals surface area contributed by atoms with Crippen LogP contribution in [0.25, 0.3) is 5.52 Å². The Morgan fingerprint density at radius 2 is 1.76 bits per heavy atom. The third-order valence-electron chi connectivity index (χ3n) is 5.86. The highest BCUT2D eigenvalue weighted by atomic mass is 79.9. The predicted octanol–water partition coefficient (Wildman–Crippen LogP) is 4.17. The monoisotopic (exact) mass is 461 g/mol. The molecule has 2 amide bonds. The molecule has 1 aliphatic heterocycles. The first kappa shape index (κ1) is 20.3. The fraction of sp³-hybridized carbons (Fsp3) is 0.545. The Hall–Kier alpha value is -2.02. The zero-order chi connectivity index (χ0) is 21.1. The summed E-state index contributed by atoms with van der Waals surface area (Å²) in [6.07, 6.45) is 3.78. The summed E-state index contributed by atoms with van der Waals surface area (Å²) in [5, 5.41) is 3.22. The van der Waals surface area contributed by atoms with Crippen LogP contribution in [-0.4, -0.2) is 40.0 Å². The topological polar surface area (TPSA) is 63.0 Å². The van der Waals surface area contributed by atoms with Crippen molar-refractivity contribution in [3.05, 3.63) is 40.6 Å². The Balaban J connectivity index is 1.37. The summed E-state index contributed by atoms with van der Waals surface area (Å²) in [7, 11) is 0. The van der Waals surface area contributed by atoms with Crippen molar-refractivity contribution >= 4 is 33.4 Å². The van der Waals surface area contributed by atoms with E-state index in [-0.39, 0.29) is 29.8 Å². The van der Waals surface area contributed by atoms with E-state index in [1.165, 1.54) is 0 Å². The molecule has 156 valence electrons. The minimum absolute atomic E-state index is 0.0147. The molecule has 3 atom stereocenters. The van der Waals surface area contributed by atoms with Crippen LogP contribution >= 0.6 is 15.9 Å². The predicted molar refractivity (Wildman–Crippen MR) is 115 cm³/mol. The highest BCUT2D eigenvalue weighted by Crippen LogP contribution is 2.52. The van der Waals surface area contributed by atoms with Crippen LogP contribution in [0.5, 0.6) is 0 Å². The van der Waals surface area contributed by atoms with Crippen LogP contribution in [0.15, 0.2) is 35.1 Å². The van der Waals surface area contributed by atoms with E-state index in [0.29, 0.717) is 13.1 Å². The summed E-state index contributed by atoms with van der Waals surface area (Å²) in [6, 6.07) is 6.15. The molecule has 0 radical (unpaired) electrons. The second-order valence-corrected chi connectivity index (χ2v) is 10.7. The number of hydrogen-bond acceptors (Lipinski definition) is 3. The average Bonchev–Trinajstić information content (AvgIpc) is 2.94. The van der Waals surface area contributed by atoms with Crippen LogP contribution in [-0.2, 0) is 15.1 Å². The smallest absolute Gasteiger partial charge is 0.410 e. The molecule has 0 aromatic carbocycles. The number of carbonyl (C=O) groups is 2. The lowest BCUT2D eigenvalue weighted by Crippen LogP contribution is -2.44. The lowest BCUT2D eigenvalue weighted by molar-refractivity contribution is -0.125. The first-order chi connectivity index (χ1) is 13.4. The number of carbonyl (C=O) groups excluding carboxylic acids is 2. The standard InChI is InChI=1S/C22H28BrN3O3/c1-21(2,3)29-20(28)26-11-16-17(12-26)18(16)19(27)24-22(4,5)13-8-15-7-6-14(23)10-25(15)9-13/h6-10,16-18H,11-12H2,1-5H3,(H,24,27)/t16-,17+,18?. The molecule has 4 rings (SSSR count). The summed E-state index contributed by atoms with van der Waals surface area (Å²) < 4.78 is 8.50. The van der Waals surface area contributed by atoms with Gasteiger partial charge in [-0.1, -0.05) is 0 Å². The molecule has 1 saturated carbocycles. The van der Waals surface area contributed by atoms with Gasteiger partial charge in [-0.3, -0.25) is 4.79 Å². The van der Waals surface area contributed by atoms with E-state index < -0.39 is 11.1 Å². The Bertz CT molecular complexity index is 963. The maximum absolute atomic E-state index is 12.9. The molecule has 2 aromatic rings. The van der Waals surface area contributed by atoms with Gasteiger partial charge in [0.05, 0.1) is 5.54 Å². The van der Waals surface area contributed by atoms with Gasteiger partial charge in [-0.2, -0.15) is 0 Å². The molecular formula is C22H28BrN3O3. The van der Waals surface area contributed by atoms with Gasteiger partial charge < -0.3 is 19.4 Å². The van der Waals surface area contributed by atoms with Gasteiger partial charge >= 0.3 is 6.09 Å². The number of nitrogens with one attached hydrogen (secondary N) is 1. The number of aromatic nitrogens is 1. The van der Waals surface area contributed by atoms with E-state index in [9.17, 15) is 9.59 Å². The Kier molecular flexibility index (Phi) is 4.72. The van der Waals surface area contributed by atoms with Crippen LogP contribution in [0.2, 0.25) is 0 Å². The van der Waals surface area contributed by atoms with E-state index in [1.54, 1.807) is 4.90 Å². The van der Waals surface area contributed by atoms with Gasteiger partial charge in [0.2, 0.25) is 5.91 Å². The molecule has 3 heterocycles. The first-order valence-corrected chi connectivity index (χ1v) is 10.8. The van der Waals surface area contributed by atoms with Crippen molar-refractivity contribution in [3.8, 4) is 0 Å². The highest BCUT2D eigenvalue weighted by Gasteiger charge is 2.61. The van der Waals surface area contributed by atoms with Gasteiger partial charge in [-0.25, -0.2) is 4.79 Å². The number of pyridine rings is 1. The largest absolute Gasteiger partial charge is 0.444 e. The maximum Gasteiger partial charge on any atom is 0.410 e. The molecule has 7 heteroatoms. The molecule has 29 heavy (non-hydrogen) atoms. The fourth-order valence-corrected chi connectivity index (χ4v) is 4.63. The Morgan fingerprint density at radius 1 is 1.10 bits per heavy atom. The number of halogens is 1. The maximum atomic E-state index is 12.9. The molecule has 1 N–H and O–H groups in total. The van der Waals surface area contributed by atoms with Gasteiger partial charge in [0.15, 0.2) is 0 Å². The molecule has 1 aliphatic carbocycles. The van der Waals surface area contributed by atoms with Crippen LogP contribution in [0.3, 0.4) is 0 Å². The van der Waals surface area contributed by atoms with Crippen molar-refractivity contribution in [1.82, 2.24) is 14.6 Å². The normalized spacial score (nSPS) is 23.8. The molecule has 2 fully saturated rings. The van der Waals surface area contributed by atoms with Crippen LogP contribution in [0, 0.1) is 17.8 Å². The lowest BCUT2D eigenvalue weighted by atomic mass is 9.96. The summed E-state index contributed by atoms with van der Waals surface area (Å²) in [5.41, 5.74) is 1.17. The van der Waals surface area contributed by atoms with Gasteiger partial charge in [-0.05, 0) is 86.1 Å². The minimum atomic E-state index is -0.499. The van der Waals surface area contributed by atoms with Gasteiger partial charge in [-0.15, -0.1) is 0 Å². The number of amides is 2. The zero-order valence-electron chi connectivity index (χ0n) is 17.5. The number of nitrogens with zero attached hydrogens (tertiary/aromatic N) is 2. The summed E-state index contributed by atoms with van der Waals surface area (Å²) >= 11 is 3.49. The van der Waals surface area contributed by atoms with Crippen LogP contribution in [0.1, 0.15) is 40.2 Å². The summed E-state index contributed by atoms with van der Waals surface area (Å²) in [4.78, 5) is 26.9. The third-order valence-corrected chi connectivity index (χ3v) is 6.33. The minimum Gasteiger partial charge on any atom is -0.444 e. The van der Waals surface area contributed by atoms with E-state index in [1.807, 2.05) is 52.9 Å². The molecular weight excluding hydrogens is 434 g/mol. The summed E-state index contributed by atoms with van der Waals surface area (Å²) in [6.45, 7) is 10.8. The molecule has 1 unspecified atom stereocenters. The van der Waals surface area contributed by atoms with Gasteiger partial charge in [0.25, 0.3) is 0 Å². The quantitative estimate of drug-likeness (QED) is 0.745. The van der Waals surface area contributed by atoms with Gasteiger partial charge in [0, 0.05) is 41.4 Å². The second-order valence-electron chi connectivity index (χ2n) is 9.76. The fourth-order valence-electron chi connectivity index (χ4n) is 4.28. The molecule has 2 aliphatic rings. The average molecular weight is 462 g/mol. The number of hydrogen-bond donors (Lipinski definition) is 1. The van der Waals surface area contributed by atoms with E-state index in [0.717, 1.165) is 15.6 Å². The third kappa shape index (κ3) is 4.02. The van der Waals surface area contributed by atoms with Crippen LogP contribution in [0.4, 0.5) is 4.79 Å².